The number of amides is 1. The van der Waals surface area contributed by atoms with E-state index in [1.54, 1.807) is 12.3 Å². The number of carbonyl (C=O) groups excluding carboxylic acids is 1. The van der Waals surface area contributed by atoms with E-state index in [0.717, 1.165) is 10.9 Å². The van der Waals surface area contributed by atoms with Crippen LogP contribution in [0.4, 0.5) is 0 Å². The van der Waals surface area contributed by atoms with Gasteiger partial charge < -0.3 is 5.32 Å². The van der Waals surface area contributed by atoms with E-state index < -0.39 is 0 Å². The molecule has 0 unspecified atom stereocenters. The first kappa shape index (κ1) is 11.3. The molecule has 2 heterocycles. The number of benzene rings is 1. The number of hydrogen-bond donors (Lipinski definition) is 2. The fraction of sp³-hybridized carbons (Fsp3) is 0.0769. The van der Waals surface area contributed by atoms with Gasteiger partial charge in [-0.15, -0.1) is 0 Å². The highest BCUT2D eigenvalue weighted by Gasteiger charge is 2.10. The van der Waals surface area contributed by atoms with Crippen molar-refractivity contribution in [2.75, 3.05) is 0 Å². The maximum Gasteiger partial charge on any atom is 0.252 e. The first-order valence-electron chi connectivity index (χ1n) is 5.81. The minimum absolute atomic E-state index is 0.157. The van der Waals surface area contributed by atoms with Gasteiger partial charge in [0.2, 0.25) is 0 Å². The van der Waals surface area contributed by atoms with Crippen LogP contribution in [0.15, 0.2) is 42.9 Å². The van der Waals surface area contributed by atoms with Crippen LogP contribution in [0.25, 0.3) is 10.9 Å². The Balaban J connectivity index is 1.85. The average molecular weight is 253 g/mol. The van der Waals surface area contributed by atoms with Crippen LogP contribution < -0.4 is 5.32 Å². The predicted molar refractivity (Wildman–Crippen MR) is 69.3 cm³/mol. The minimum atomic E-state index is -0.157. The van der Waals surface area contributed by atoms with Crippen LogP contribution in [-0.2, 0) is 6.54 Å². The second kappa shape index (κ2) is 4.85. The van der Waals surface area contributed by atoms with E-state index in [1.165, 1.54) is 6.33 Å². The predicted octanol–water partition coefficient (Wildman–Crippen LogP) is 1.28. The first-order chi connectivity index (χ1) is 9.34. The van der Waals surface area contributed by atoms with E-state index in [2.05, 4.69) is 25.5 Å². The number of carbonyl (C=O) groups is 1. The van der Waals surface area contributed by atoms with E-state index in [4.69, 9.17) is 0 Å². The summed E-state index contributed by atoms with van der Waals surface area (Å²) in [5.41, 5.74) is 1.40. The van der Waals surface area contributed by atoms with Crippen molar-refractivity contribution in [2.24, 2.45) is 0 Å². The van der Waals surface area contributed by atoms with Gasteiger partial charge in [0.25, 0.3) is 5.91 Å². The zero-order valence-electron chi connectivity index (χ0n) is 10.00. The molecule has 1 aromatic carbocycles. The molecule has 0 spiro atoms. The molecule has 0 fully saturated rings. The van der Waals surface area contributed by atoms with Crippen molar-refractivity contribution in [2.45, 2.75) is 6.54 Å². The third kappa shape index (κ3) is 2.28. The minimum Gasteiger partial charge on any atom is -0.345 e. The molecule has 0 radical (unpaired) electrons. The summed E-state index contributed by atoms with van der Waals surface area (Å²) in [5, 5.41) is 10.0. The lowest BCUT2D eigenvalue weighted by Gasteiger charge is -2.06. The van der Waals surface area contributed by atoms with Crippen LogP contribution in [0.3, 0.4) is 0 Å². The number of nitrogens with one attached hydrogen (secondary N) is 2. The van der Waals surface area contributed by atoms with Crippen molar-refractivity contribution in [3.8, 4) is 0 Å². The molecule has 2 N–H and O–H groups in total. The zero-order chi connectivity index (χ0) is 13.1. The lowest BCUT2D eigenvalue weighted by Crippen LogP contribution is -2.23. The smallest absolute Gasteiger partial charge is 0.252 e. The normalized spacial score (nSPS) is 10.5. The molecule has 1 amide bonds. The molecule has 6 heteroatoms. The zero-order valence-corrected chi connectivity index (χ0v) is 10.00. The van der Waals surface area contributed by atoms with Gasteiger partial charge in [0.05, 0.1) is 12.1 Å². The van der Waals surface area contributed by atoms with Gasteiger partial charge in [0, 0.05) is 17.1 Å². The molecule has 3 aromatic rings. The van der Waals surface area contributed by atoms with Gasteiger partial charge in [-0.25, -0.2) is 4.98 Å². The van der Waals surface area contributed by atoms with Crippen molar-refractivity contribution >= 4 is 16.8 Å². The Morgan fingerprint density at radius 2 is 2.16 bits per heavy atom. The molecule has 0 bridgehead atoms. The summed E-state index contributed by atoms with van der Waals surface area (Å²) in [6.45, 7) is 0.315. The standard InChI is InChI=1S/C13H11N5O/c19-13(15-7-12-16-8-17-18-12)10-3-1-5-11-9(10)4-2-6-14-11/h1-6,8H,7H2,(H,15,19)(H,16,17,18). The van der Waals surface area contributed by atoms with Crippen LogP contribution in [0, 0.1) is 0 Å². The van der Waals surface area contributed by atoms with Crippen molar-refractivity contribution < 1.29 is 4.79 Å². The quantitative estimate of drug-likeness (QED) is 0.736. The second-order valence-electron chi connectivity index (χ2n) is 3.99. The molecule has 6 nitrogen and oxygen atoms in total. The van der Waals surface area contributed by atoms with E-state index in [-0.39, 0.29) is 5.91 Å². The summed E-state index contributed by atoms with van der Waals surface area (Å²) in [6, 6.07) is 9.17. The van der Waals surface area contributed by atoms with Crippen LogP contribution >= 0.6 is 0 Å². The third-order valence-electron chi connectivity index (χ3n) is 2.77. The molecule has 94 valence electrons. The van der Waals surface area contributed by atoms with E-state index in [9.17, 15) is 4.79 Å². The summed E-state index contributed by atoms with van der Waals surface area (Å²) < 4.78 is 0. The van der Waals surface area contributed by atoms with Gasteiger partial charge in [0.1, 0.15) is 12.2 Å². The Morgan fingerprint density at radius 3 is 3.00 bits per heavy atom. The summed E-state index contributed by atoms with van der Waals surface area (Å²) in [5.74, 6) is 0.460. The molecule has 3 rings (SSSR count). The molecular formula is C13H11N5O. The molecular weight excluding hydrogens is 242 g/mol. The van der Waals surface area contributed by atoms with Gasteiger partial charge >= 0.3 is 0 Å². The van der Waals surface area contributed by atoms with Crippen molar-refractivity contribution in [3.63, 3.8) is 0 Å². The van der Waals surface area contributed by atoms with Crippen LogP contribution in [0.2, 0.25) is 0 Å². The molecule has 0 atom stereocenters. The maximum atomic E-state index is 12.2. The molecule has 0 saturated heterocycles. The lowest BCUT2D eigenvalue weighted by atomic mass is 10.1. The fourth-order valence-corrected chi connectivity index (χ4v) is 1.88. The highest BCUT2D eigenvalue weighted by Crippen LogP contribution is 2.16. The summed E-state index contributed by atoms with van der Waals surface area (Å²) in [6.07, 6.45) is 3.11. The Kier molecular flexibility index (Phi) is 2.89. The fourth-order valence-electron chi connectivity index (χ4n) is 1.88. The summed E-state index contributed by atoms with van der Waals surface area (Å²) in [7, 11) is 0. The van der Waals surface area contributed by atoms with E-state index >= 15 is 0 Å². The topological polar surface area (TPSA) is 83.6 Å². The van der Waals surface area contributed by atoms with E-state index in [1.807, 2.05) is 24.3 Å². The van der Waals surface area contributed by atoms with E-state index in [0.29, 0.717) is 17.9 Å². The van der Waals surface area contributed by atoms with Gasteiger partial charge in [-0.2, -0.15) is 5.10 Å². The number of aromatic amines is 1. The SMILES string of the molecule is O=C(NCc1ncn[nH]1)c1cccc2ncccc12. The van der Waals surface area contributed by atoms with Crippen molar-refractivity contribution in [1.29, 1.82) is 0 Å². The Hall–Kier alpha value is -2.76. The number of pyridine rings is 1. The third-order valence-corrected chi connectivity index (χ3v) is 2.77. The van der Waals surface area contributed by atoms with Crippen LogP contribution in [0.1, 0.15) is 16.2 Å². The Labute approximate surface area is 108 Å². The largest absolute Gasteiger partial charge is 0.345 e. The van der Waals surface area contributed by atoms with Gasteiger partial charge in [0.15, 0.2) is 0 Å². The van der Waals surface area contributed by atoms with Gasteiger partial charge in [-0.1, -0.05) is 12.1 Å². The summed E-state index contributed by atoms with van der Waals surface area (Å²) in [4.78, 5) is 20.3. The number of H-pyrrole nitrogens is 1. The maximum absolute atomic E-state index is 12.2. The first-order valence-corrected chi connectivity index (χ1v) is 5.81. The van der Waals surface area contributed by atoms with Crippen LogP contribution in [-0.4, -0.2) is 26.1 Å². The summed E-state index contributed by atoms with van der Waals surface area (Å²) >= 11 is 0. The Morgan fingerprint density at radius 1 is 1.21 bits per heavy atom. The molecule has 0 saturated carbocycles. The van der Waals surface area contributed by atoms with Crippen molar-refractivity contribution in [1.82, 2.24) is 25.5 Å². The Bertz CT molecular complexity index is 703. The monoisotopic (exact) mass is 253 g/mol. The highest BCUT2D eigenvalue weighted by molar-refractivity contribution is 6.06. The number of aromatic nitrogens is 4. The van der Waals surface area contributed by atoms with Gasteiger partial charge in [-0.3, -0.25) is 14.9 Å². The number of rotatable bonds is 3. The van der Waals surface area contributed by atoms with Gasteiger partial charge in [-0.05, 0) is 18.2 Å². The molecule has 0 aliphatic rings. The number of nitrogens with zero attached hydrogens (tertiary/aromatic N) is 3. The van der Waals surface area contributed by atoms with Crippen molar-refractivity contribution in [3.05, 3.63) is 54.2 Å². The molecule has 2 aromatic heterocycles. The molecule has 19 heavy (non-hydrogen) atoms. The lowest BCUT2D eigenvalue weighted by molar-refractivity contribution is 0.0951. The number of fused-ring (bicyclic) bond motifs is 1. The van der Waals surface area contributed by atoms with Crippen LogP contribution in [0.5, 0.6) is 0 Å². The average Bonchev–Trinajstić information content (AvgIpc) is 2.97. The molecule has 0 aliphatic heterocycles. The highest BCUT2D eigenvalue weighted by atomic mass is 16.1. The molecule has 0 aliphatic carbocycles. The number of hydrogen-bond acceptors (Lipinski definition) is 4. The second-order valence-corrected chi connectivity index (χ2v) is 3.99.